The van der Waals surface area contributed by atoms with Crippen molar-refractivity contribution in [1.82, 2.24) is 0 Å². The van der Waals surface area contributed by atoms with Gasteiger partial charge in [-0.2, -0.15) is 0 Å². The van der Waals surface area contributed by atoms with E-state index in [1.165, 1.54) is 0 Å². The van der Waals surface area contributed by atoms with Crippen LogP contribution in [0.3, 0.4) is 0 Å². The molecule has 0 heterocycles. The van der Waals surface area contributed by atoms with Crippen molar-refractivity contribution in [2.75, 3.05) is 0 Å². The number of rotatable bonds is 4. The third-order valence-corrected chi connectivity index (χ3v) is 1.84. The summed E-state index contributed by atoms with van der Waals surface area (Å²) in [6.07, 6.45) is -1.62. The third kappa shape index (κ3) is 2.57. The van der Waals surface area contributed by atoms with Gasteiger partial charge < -0.3 is 14.0 Å². The van der Waals surface area contributed by atoms with Gasteiger partial charge in [0, 0.05) is 5.56 Å². The van der Waals surface area contributed by atoms with Gasteiger partial charge >= 0.3 is 9.65 Å². The van der Waals surface area contributed by atoms with Gasteiger partial charge in [-0.25, -0.2) is 0 Å². The third-order valence-electron chi connectivity index (χ3n) is 1.47. The standard InChI is InChI=1S/C8H8O4Si/c9-7(8(10)12-13-11)6-4-2-1-3-5-6/h1-5,8,10,13H. The molecule has 0 saturated carbocycles. The van der Waals surface area contributed by atoms with E-state index in [1.54, 1.807) is 30.3 Å². The number of benzene rings is 1. The molecule has 0 amide bonds. The molecule has 0 spiro atoms. The van der Waals surface area contributed by atoms with Gasteiger partial charge in [0.2, 0.25) is 12.1 Å². The molecule has 1 atom stereocenters. The average molecular weight is 196 g/mol. The highest BCUT2D eigenvalue weighted by atomic mass is 28.2. The zero-order chi connectivity index (χ0) is 9.68. The highest BCUT2D eigenvalue weighted by Gasteiger charge is 2.16. The lowest BCUT2D eigenvalue weighted by Gasteiger charge is -2.06. The second-order valence-electron chi connectivity index (χ2n) is 2.31. The molecule has 0 aliphatic rings. The maximum atomic E-state index is 11.2. The van der Waals surface area contributed by atoms with Crippen molar-refractivity contribution in [1.29, 1.82) is 0 Å². The van der Waals surface area contributed by atoms with E-state index in [-0.39, 0.29) is 0 Å². The van der Waals surface area contributed by atoms with Crippen LogP contribution in [0.4, 0.5) is 0 Å². The van der Waals surface area contributed by atoms with E-state index < -0.39 is 21.7 Å². The first-order valence-corrected chi connectivity index (χ1v) is 4.56. The SMILES string of the molecule is O=[SiH]OC(O)C(=O)c1ccccc1. The number of hydrogen-bond donors (Lipinski definition) is 1. The Hall–Kier alpha value is -1.33. The maximum Gasteiger partial charge on any atom is 0.489 e. The zero-order valence-electron chi connectivity index (χ0n) is 6.71. The van der Waals surface area contributed by atoms with Gasteiger partial charge in [0.1, 0.15) is 0 Å². The zero-order valence-corrected chi connectivity index (χ0v) is 7.87. The number of Topliss-reactive ketones (excluding diaryl/α,β-unsaturated/α-hetero) is 1. The minimum atomic E-state index is -1.62. The number of aliphatic hydroxyl groups is 1. The summed E-state index contributed by atoms with van der Waals surface area (Å²) < 4.78 is 14.3. The largest absolute Gasteiger partial charge is 0.493 e. The molecule has 13 heavy (non-hydrogen) atoms. The summed E-state index contributed by atoms with van der Waals surface area (Å²) in [4.78, 5) is 11.2. The van der Waals surface area contributed by atoms with E-state index in [9.17, 15) is 9.26 Å². The molecule has 0 fully saturated rings. The van der Waals surface area contributed by atoms with Crippen LogP contribution in [-0.2, 0) is 8.89 Å². The number of ketones is 1. The van der Waals surface area contributed by atoms with E-state index in [4.69, 9.17) is 5.11 Å². The Morgan fingerprint density at radius 1 is 1.38 bits per heavy atom. The average Bonchev–Trinajstić information content (AvgIpc) is 2.18. The van der Waals surface area contributed by atoms with Crippen LogP contribution in [0.15, 0.2) is 30.3 Å². The quantitative estimate of drug-likeness (QED) is 0.415. The molecule has 0 radical (unpaired) electrons. The maximum absolute atomic E-state index is 11.2. The van der Waals surface area contributed by atoms with Crippen molar-refractivity contribution in [2.45, 2.75) is 6.29 Å². The molecule has 5 heteroatoms. The fourth-order valence-electron chi connectivity index (χ4n) is 0.859. The summed E-state index contributed by atoms with van der Waals surface area (Å²) in [7, 11) is -1.57. The molecule has 0 aromatic heterocycles. The predicted molar refractivity (Wildman–Crippen MR) is 45.7 cm³/mol. The number of carbonyl (C=O) groups excluding carboxylic acids is 1. The van der Waals surface area contributed by atoms with E-state index in [0.29, 0.717) is 5.56 Å². The lowest BCUT2D eigenvalue weighted by atomic mass is 10.1. The predicted octanol–water partition coefficient (Wildman–Crippen LogP) is -0.0987. The van der Waals surface area contributed by atoms with Crippen LogP contribution in [-0.4, -0.2) is 26.8 Å². The Morgan fingerprint density at radius 3 is 2.54 bits per heavy atom. The van der Waals surface area contributed by atoms with Crippen molar-refractivity contribution < 1.29 is 18.8 Å². The molecule has 4 nitrogen and oxygen atoms in total. The Labute approximate surface area is 77.2 Å². The summed E-state index contributed by atoms with van der Waals surface area (Å²) in [5, 5.41) is 9.02. The summed E-state index contributed by atoms with van der Waals surface area (Å²) in [6.45, 7) is 0. The lowest BCUT2D eigenvalue weighted by Crippen LogP contribution is -2.23. The molecule has 0 aliphatic carbocycles. The van der Waals surface area contributed by atoms with Crippen molar-refractivity contribution in [2.24, 2.45) is 0 Å². The second kappa shape index (κ2) is 4.63. The van der Waals surface area contributed by atoms with Crippen molar-refractivity contribution in [3.63, 3.8) is 0 Å². The minimum absolute atomic E-state index is 0.336. The highest BCUT2D eigenvalue weighted by Crippen LogP contribution is 2.03. The summed E-state index contributed by atoms with van der Waals surface area (Å²) in [5.41, 5.74) is 0.336. The van der Waals surface area contributed by atoms with Gasteiger partial charge in [-0.15, -0.1) is 0 Å². The van der Waals surface area contributed by atoms with Crippen LogP contribution in [0.25, 0.3) is 0 Å². The minimum Gasteiger partial charge on any atom is -0.493 e. The first-order chi connectivity index (χ1) is 6.25. The molecular weight excluding hydrogens is 188 g/mol. The molecule has 1 aromatic carbocycles. The monoisotopic (exact) mass is 196 g/mol. The second-order valence-corrected chi connectivity index (χ2v) is 2.78. The van der Waals surface area contributed by atoms with Crippen LogP contribution in [0.5, 0.6) is 0 Å². The number of aliphatic hydroxyl groups excluding tert-OH is 1. The van der Waals surface area contributed by atoms with E-state index >= 15 is 0 Å². The van der Waals surface area contributed by atoms with Gasteiger partial charge in [0.25, 0.3) is 0 Å². The van der Waals surface area contributed by atoms with Gasteiger partial charge in [-0.1, -0.05) is 30.3 Å². The smallest absolute Gasteiger partial charge is 0.489 e. The van der Waals surface area contributed by atoms with Gasteiger partial charge in [0.05, 0.1) is 0 Å². The first-order valence-electron chi connectivity index (χ1n) is 3.62. The molecule has 0 aliphatic heterocycles. The van der Waals surface area contributed by atoms with Gasteiger partial charge in [-0.05, 0) is 0 Å². The van der Waals surface area contributed by atoms with Crippen LogP contribution in [0.1, 0.15) is 10.4 Å². The normalized spacial score (nSPS) is 11.8. The fourth-order valence-corrected chi connectivity index (χ4v) is 1.09. The molecule has 68 valence electrons. The number of carbonyl (C=O) groups is 1. The number of hydrogen-bond acceptors (Lipinski definition) is 4. The Bertz CT molecular complexity index is 298. The van der Waals surface area contributed by atoms with Crippen molar-refractivity contribution in [3.8, 4) is 0 Å². The van der Waals surface area contributed by atoms with Gasteiger partial charge in [0.15, 0.2) is 0 Å². The van der Waals surface area contributed by atoms with Crippen LogP contribution in [0, 0.1) is 0 Å². The Balaban J connectivity index is 2.73. The van der Waals surface area contributed by atoms with E-state index in [0.717, 1.165) is 0 Å². The molecule has 1 N–H and O–H groups in total. The van der Waals surface area contributed by atoms with Crippen molar-refractivity contribution >= 4 is 15.4 Å². The Kier molecular flexibility index (Phi) is 3.48. The van der Waals surface area contributed by atoms with Crippen molar-refractivity contribution in [3.05, 3.63) is 35.9 Å². The van der Waals surface area contributed by atoms with Gasteiger partial charge in [-0.3, -0.25) is 4.79 Å². The van der Waals surface area contributed by atoms with Crippen LogP contribution in [0.2, 0.25) is 0 Å². The lowest BCUT2D eigenvalue weighted by molar-refractivity contribution is -0.00388. The first kappa shape index (κ1) is 9.75. The van der Waals surface area contributed by atoms with Crippen LogP contribution < -0.4 is 0 Å². The Morgan fingerprint density at radius 2 is 2.00 bits per heavy atom. The molecule has 1 rings (SSSR count). The summed E-state index contributed by atoms with van der Waals surface area (Å²) in [5.74, 6) is -0.580. The summed E-state index contributed by atoms with van der Waals surface area (Å²) >= 11 is 0. The molecule has 1 aromatic rings. The van der Waals surface area contributed by atoms with Crippen LogP contribution >= 0.6 is 0 Å². The highest BCUT2D eigenvalue weighted by molar-refractivity contribution is 6.09. The topological polar surface area (TPSA) is 63.6 Å². The van der Waals surface area contributed by atoms with E-state index in [2.05, 4.69) is 4.43 Å². The van der Waals surface area contributed by atoms with E-state index in [1.807, 2.05) is 0 Å². The molecule has 0 bridgehead atoms. The summed E-state index contributed by atoms with van der Waals surface area (Å²) in [6, 6.07) is 8.20. The molecular formula is C8H8O4Si. The fraction of sp³-hybridized carbons (Fsp3) is 0.125. The molecule has 1 unspecified atom stereocenters. The molecule has 0 saturated heterocycles.